The molecule has 0 spiro atoms. The molecule has 0 fully saturated rings. The molecule has 0 saturated heterocycles. The summed E-state index contributed by atoms with van der Waals surface area (Å²) in [5.74, 6) is -1.77. The van der Waals surface area contributed by atoms with Gasteiger partial charge in [-0.05, 0) is 67.8 Å². The van der Waals surface area contributed by atoms with Crippen molar-refractivity contribution in [3.05, 3.63) is 21.8 Å². The molecule has 198 valence electrons. The third-order valence-corrected chi connectivity index (χ3v) is 7.75. The van der Waals surface area contributed by atoms with Gasteiger partial charge in [-0.25, -0.2) is 0 Å². The molecular formula is C20H28I3N3O9. The van der Waals surface area contributed by atoms with Gasteiger partial charge in [-0.1, -0.05) is 0 Å². The van der Waals surface area contributed by atoms with Crippen LogP contribution in [0.5, 0.6) is 0 Å². The van der Waals surface area contributed by atoms with Gasteiger partial charge in [-0.2, -0.15) is 0 Å². The number of rotatable bonds is 13. The second-order valence-corrected chi connectivity index (χ2v) is 10.6. The summed E-state index contributed by atoms with van der Waals surface area (Å²) in [5.41, 5.74) is 0.314. The van der Waals surface area contributed by atoms with Gasteiger partial charge in [0, 0.05) is 30.7 Å². The molecule has 0 saturated carbocycles. The van der Waals surface area contributed by atoms with Crippen LogP contribution in [-0.4, -0.2) is 108 Å². The summed E-state index contributed by atoms with van der Waals surface area (Å²) in [6.07, 6.45) is -3.44. The van der Waals surface area contributed by atoms with E-state index in [1.807, 2.05) is 67.8 Å². The van der Waals surface area contributed by atoms with Gasteiger partial charge in [-0.15, -0.1) is 0 Å². The van der Waals surface area contributed by atoms with Crippen molar-refractivity contribution in [2.75, 3.05) is 51.5 Å². The maximum absolute atomic E-state index is 13.1. The quantitative estimate of drug-likeness (QED) is 0.123. The number of methoxy groups -OCH3 is 1. The predicted molar refractivity (Wildman–Crippen MR) is 151 cm³/mol. The molecule has 0 radical (unpaired) electrons. The maximum atomic E-state index is 13.1. The third-order valence-electron chi connectivity index (χ3n) is 4.57. The summed E-state index contributed by atoms with van der Waals surface area (Å²) in [6.45, 7) is -0.597. The Morgan fingerprint density at radius 1 is 0.857 bits per heavy atom. The number of hydrogen-bond acceptors (Lipinski definition) is 9. The lowest BCUT2D eigenvalue weighted by Crippen LogP contribution is -2.41. The zero-order valence-electron chi connectivity index (χ0n) is 18.9. The largest absolute Gasteiger partial charge is 0.394 e. The molecule has 0 aliphatic carbocycles. The van der Waals surface area contributed by atoms with Gasteiger partial charge in [-0.3, -0.25) is 14.4 Å². The van der Waals surface area contributed by atoms with Gasteiger partial charge in [0.1, 0.15) is 0 Å². The minimum absolute atomic E-state index is 0.0482. The van der Waals surface area contributed by atoms with E-state index in [4.69, 9.17) is 14.9 Å². The third kappa shape index (κ3) is 9.13. The van der Waals surface area contributed by atoms with Crippen molar-refractivity contribution >= 4 is 91.2 Å². The number of nitrogens with zero attached hydrogens (tertiary/aromatic N) is 1. The molecule has 7 N–H and O–H groups in total. The SMILES string of the molecule is COCC(O)CN(C(C)=O)c1c(I)c(C(=O)NCC(O)CO)c(I)c(C(=O)NCC(O)CO)c1I. The molecule has 1 aromatic rings. The molecule has 15 heteroatoms. The van der Waals surface area contributed by atoms with E-state index in [-0.39, 0.29) is 46.6 Å². The molecule has 35 heavy (non-hydrogen) atoms. The van der Waals surface area contributed by atoms with Crippen molar-refractivity contribution in [2.45, 2.75) is 25.2 Å². The highest BCUT2D eigenvalue weighted by molar-refractivity contribution is 14.1. The highest BCUT2D eigenvalue weighted by Crippen LogP contribution is 2.38. The number of amides is 3. The van der Waals surface area contributed by atoms with Gasteiger partial charge >= 0.3 is 0 Å². The maximum Gasteiger partial charge on any atom is 0.253 e. The number of hydrogen-bond donors (Lipinski definition) is 7. The molecular weight excluding hydrogens is 807 g/mol. The Morgan fingerprint density at radius 3 is 1.63 bits per heavy atom. The van der Waals surface area contributed by atoms with E-state index in [0.717, 1.165) is 0 Å². The normalized spacial score (nSPS) is 13.7. The highest BCUT2D eigenvalue weighted by Gasteiger charge is 2.32. The van der Waals surface area contributed by atoms with Crippen LogP contribution >= 0.6 is 67.8 Å². The van der Waals surface area contributed by atoms with Crippen LogP contribution in [0, 0.1) is 10.7 Å². The second kappa shape index (κ2) is 15.7. The van der Waals surface area contributed by atoms with Crippen LogP contribution in [0.15, 0.2) is 0 Å². The fourth-order valence-electron chi connectivity index (χ4n) is 2.85. The Morgan fingerprint density at radius 2 is 1.29 bits per heavy atom. The molecule has 1 aromatic carbocycles. The van der Waals surface area contributed by atoms with Crippen LogP contribution in [0.2, 0.25) is 0 Å². The van der Waals surface area contributed by atoms with Crippen LogP contribution in [0.1, 0.15) is 27.6 Å². The van der Waals surface area contributed by atoms with Crippen molar-refractivity contribution < 1.29 is 44.7 Å². The Balaban J connectivity index is 3.72. The molecule has 3 unspecified atom stereocenters. The summed E-state index contributed by atoms with van der Waals surface area (Å²) in [4.78, 5) is 40.0. The van der Waals surface area contributed by atoms with Gasteiger partial charge in [0.2, 0.25) is 5.91 Å². The first-order valence-electron chi connectivity index (χ1n) is 10.2. The van der Waals surface area contributed by atoms with E-state index in [0.29, 0.717) is 7.14 Å². The smallest absolute Gasteiger partial charge is 0.253 e. The number of nitrogens with one attached hydrogen (secondary N) is 2. The minimum Gasteiger partial charge on any atom is -0.394 e. The molecule has 3 amide bonds. The lowest BCUT2D eigenvalue weighted by molar-refractivity contribution is -0.117. The van der Waals surface area contributed by atoms with Crippen molar-refractivity contribution in [1.82, 2.24) is 10.6 Å². The average Bonchev–Trinajstić information content (AvgIpc) is 2.80. The van der Waals surface area contributed by atoms with E-state index in [1.165, 1.54) is 18.9 Å². The summed E-state index contributed by atoms with van der Waals surface area (Å²) >= 11 is 5.57. The molecule has 0 aliphatic rings. The van der Waals surface area contributed by atoms with Crippen LogP contribution in [0.4, 0.5) is 5.69 Å². The predicted octanol–water partition coefficient (Wildman–Crippen LogP) is -0.973. The van der Waals surface area contributed by atoms with Crippen LogP contribution in [0.3, 0.4) is 0 Å². The van der Waals surface area contributed by atoms with Crippen molar-refractivity contribution in [3.63, 3.8) is 0 Å². The topological polar surface area (TPSA) is 189 Å². The standard InChI is InChI=1S/C20H28I3N3O9/c1-9(29)26(5-12(32)8-35-2)18-16(22)13(19(33)24-3-10(30)6-27)15(21)14(17(18)23)20(34)25-4-11(31)7-28/h10-12,27-28,30-32H,3-8H2,1-2H3,(H,24,33)(H,25,34). The molecule has 1 rings (SSSR count). The zero-order chi connectivity index (χ0) is 26.9. The van der Waals surface area contributed by atoms with Crippen molar-refractivity contribution in [2.24, 2.45) is 0 Å². The van der Waals surface area contributed by atoms with Crippen molar-refractivity contribution in [3.8, 4) is 0 Å². The fraction of sp³-hybridized carbons (Fsp3) is 0.550. The lowest BCUT2D eigenvalue weighted by Gasteiger charge is -2.29. The summed E-state index contributed by atoms with van der Waals surface area (Å²) in [7, 11) is 1.40. The Hall–Kier alpha value is -0.420. The highest BCUT2D eigenvalue weighted by atomic mass is 127. The average molecular weight is 835 g/mol. The van der Waals surface area contributed by atoms with E-state index in [1.54, 1.807) is 0 Å². The lowest BCUT2D eigenvalue weighted by atomic mass is 10.1. The Kier molecular flexibility index (Phi) is 14.7. The van der Waals surface area contributed by atoms with Gasteiger partial charge in [0.05, 0.1) is 68.6 Å². The molecule has 0 aromatic heterocycles. The Labute approximate surface area is 243 Å². The van der Waals surface area contributed by atoms with Crippen molar-refractivity contribution in [1.29, 1.82) is 0 Å². The molecule has 0 heterocycles. The molecule has 3 atom stereocenters. The number of aliphatic hydroxyl groups excluding tert-OH is 5. The fourth-order valence-corrected chi connectivity index (χ4v) is 7.57. The number of ether oxygens (including phenoxy) is 1. The number of aliphatic hydroxyl groups is 5. The molecule has 0 bridgehead atoms. The summed E-state index contributed by atoms with van der Waals surface area (Å²) in [6, 6.07) is 0. The van der Waals surface area contributed by atoms with Gasteiger partial charge in [0.25, 0.3) is 11.8 Å². The first-order chi connectivity index (χ1) is 16.4. The number of benzene rings is 1. The monoisotopic (exact) mass is 835 g/mol. The first-order valence-corrected chi connectivity index (χ1v) is 13.4. The first kappa shape index (κ1) is 32.6. The number of carbonyl (C=O) groups is 3. The van der Waals surface area contributed by atoms with Gasteiger partial charge < -0.3 is 45.8 Å². The number of anilines is 1. The minimum atomic E-state index is -1.20. The number of halogens is 3. The van der Waals surface area contributed by atoms with E-state index >= 15 is 0 Å². The van der Waals surface area contributed by atoms with E-state index in [9.17, 15) is 29.7 Å². The van der Waals surface area contributed by atoms with Crippen LogP contribution in [0.25, 0.3) is 0 Å². The second-order valence-electron chi connectivity index (χ2n) is 7.37. The van der Waals surface area contributed by atoms with Crippen LogP contribution < -0.4 is 15.5 Å². The summed E-state index contributed by atoms with van der Waals surface area (Å²) in [5, 5.41) is 52.6. The molecule has 0 aliphatic heterocycles. The van der Waals surface area contributed by atoms with E-state index < -0.39 is 49.2 Å². The zero-order valence-corrected chi connectivity index (χ0v) is 25.4. The van der Waals surface area contributed by atoms with Gasteiger partial charge in [0.15, 0.2) is 0 Å². The van der Waals surface area contributed by atoms with Crippen LogP contribution in [-0.2, 0) is 9.53 Å². The number of carbonyl (C=O) groups excluding carboxylic acids is 3. The Bertz CT molecular complexity index is 867. The van der Waals surface area contributed by atoms with E-state index in [2.05, 4.69) is 10.6 Å². The molecule has 12 nitrogen and oxygen atoms in total. The summed E-state index contributed by atoms with van der Waals surface area (Å²) < 4.78 is 5.83.